The molecular formula is C24H22F3N7OS. The van der Waals surface area contributed by atoms with E-state index in [4.69, 9.17) is 0 Å². The van der Waals surface area contributed by atoms with E-state index in [-0.39, 0.29) is 17.1 Å². The topological polar surface area (TPSA) is 108 Å². The number of hydrogen-bond donors (Lipinski definition) is 4. The Bertz CT molecular complexity index is 1440. The van der Waals surface area contributed by atoms with Crippen molar-refractivity contribution < 1.29 is 18.0 Å². The van der Waals surface area contributed by atoms with Gasteiger partial charge >= 0.3 is 12.2 Å². The summed E-state index contributed by atoms with van der Waals surface area (Å²) in [6, 6.07) is 11.4. The number of aromatic nitrogens is 4. The molecule has 2 aromatic heterocycles. The quantitative estimate of drug-likeness (QED) is 0.216. The number of amides is 2. The number of halogens is 3. The summed E-state index contributed by atoms with van der Waals surface area (Å²) < 4.78 is 39.1. The third-order valence-electron chi connectivity index (χ3n) is 5.02. The molecule has 0 saturated heterocycles. The maximum Gasteiger partial charge on any atom is 0.449 e. The molecule has 4 aromatic rings. The fourth-order valence-corrected chi connectivity index (χ4v) is 4.08. The Hall–Kier alpha value is -4.06. The van der Waals surface area contributed by atoms with Gasteiger partial charge in [-0.05, 0) is 49.6 Å². The average Bonchev–Trinajstić information content (AvgIpc) is 3.28. The Kier molecular flexibility index (Phi) is 7.15. The molecule has 2 amide bonds. The Morgan fingerprint density at radius 3 is 2.64 bits per heavy atom. The summed E-state index contributed by atoms with van der Waals surface area (Å²) in [6.07, 6.45) is -1.10. The van der Waals surface area contributed by atoms with Gasteiger partial charge in [-0.1, -0.05) is 18.7 Å². The Morgan fingerprint density at radius 1 is 1.14 bits per heavy atom. The minimum Gasteiger partial charge on any atom is -0.339 e. The van der Waals surface area contributed by atoms with Crippen LogP contribution in [-0.2, 0) is 6.18 Å². The Morgan fingerprint density at radius 2 is 1.94 bits per heavy atom. The van der Waals surface area contributed by atoms with Gasteiger partial charge in [0, 0.05) is 23.5 Å². The molecule has 0 aliphatic carbocycles. The Balaban J connectivity index is 1.71. The van der Waals surface area contributed by atoms with Crippen LogP contribution in [0.25, 0.3) is 28.5 Å². The van der Waals surface area contributed by atoms with Gasteiger partial charge in [0.25, 0.3) is 0 Å². The van der Waals surface area contributed by atoms with Crippen LogP contribution in [-0.4, -0.2) is 38.8 Å². The normalized spacial score (nSPS) is 11.4. The molecule has 0 aliphatic heterocycles. The molecule has 0 radical (unpaired) electrons. The van der Waals surface area contributed by atoms with Gasteiger partial charge in [-0.3, -0.25) is 0 Å². The lowest BCUT2D eigenvalue weighted by Gasteiger charge is -2.14. The minimum absolute atomic E-state index is 0.199. The fourth-order valence-electron chi connectivity index (χ4n) is 3.45. The van der Waals surface area contributed by atoms with Crippen molar-refractivity contribution in [2.24, 2.45) is 0 Å². The summed E-state index contributed by atoms with van der Waals surface area (Å²) in [7, 11) is 0. The molecule has 0 aliphatic rings. The van der Waals surface area contributed by atoms with E-state index >= 15 is 0 Å². The first-order valence-electron chi connectivity index (χ1n) is 10.8. The van der Waals surface area contributed by atoms with Crippen molar-refractivity contribution >= 4 is 52.1 Å². The highest BCUT2D eigenvalue weighted by atomic mass is 32.2. The van der Waals surface area contributed by atoms with E-state index < -0.39 is 12.0 Å². The number of benzene rings is 2. The number of urea groups is 1. The van der Waals surface area contributed by atoms with Crippen molar-refractivity contribution in [2.45, 2.75) is 18.0 Å². The number of carbonyl (C=O) groups is 1. The number of nitrogens with zero attached hydrogens (tertiary/aromatic N) is 3. The van der Waals surface area contributed by atoms with Crippen LogP contribution in [0, 0.1) is 0 Å². The van der Waals surface area contributed by atoms with Gasteiger partial charge in [0.1, 0.15) is 5.82 Å². The van der Waals surface area contributed by atoms with Gasteiger partial charge in [-0.15, -0.1) is 11.8 Å². The summed E-state index contributed by atoms with van der Waals surface area (Å²) in [4.78, 5) is 27.8. The van der Waals surface area contributed by atoms with Crippen LogP contribution >= 0.6 is 11.8 Å². The molecular weight excluding hydrogens is 491 g/mol. The highest BCUT2D eigenvalue weighted by Crippen LogP contribution is 2.34. The van der Waals surface area contributed by atoms with Crippen LogP contribution in [0.1, 0.15) is 18.4 Å². The predicted molar refractivity (Wildman–Crippen MR) is 136 cm³/mol. The number of hydrogen-bond acceptors (Lipinski definition) is 6. The zero-order chi connectivity index (χ0) is 25.9. The number of imidazole rings is 1. The number of aromatic amines is 1. The maximum absolute atomic E-state index is 13.0. The second-order valence-electron chi connectivity index (χ2n) is 7.52. The Labute approximate surface area is 208 Å². The number of alkyl halides is 3. The summed E-state index contributed by atoms with van der Waals surface area (Å²) in [5.41, 5.74) is 2.75. The lowest BCUT2D eigenvalue weighted by molar-refractivity contribution is -0.144. The van der Waals surface area contributed by atoms with Crippen molar-refractivity contribution in [3.05, 3.63) is 60.6 Å². The monoisotopic (exact) mass is 513 g/mol. The highest BCUT2D eigenvalue weighted by Gasteiger charge is 2.34. The number of rotatable bonds is 7. The zero-order valence-corrected chi connectivity index (χ0v) is 20.1. The number of anilines is 3. The molecule has 0 atom stereocenters. The SMILES string of the molecule is C=Cc1nc(-c2cccc(NC(=O)NCC)c2)nc(Nc2ccc3nc(C(F)(F)F)[nH]c3c2)c1SC. The van der Waals surface area contributed by atoms with E-state index in [9.17, 15) is 18.0 Å². The van der Waals surface area contributed by atoms with Crippen molar-refractivity contribution in [3.63, 3.8) is 0 Å². The van der Waals surface area contributed by atoms with Crippen molar-refractivity contribution in [1.29, 1.82) is 0 Å². The van der Waals surface area contributed by atoms with Crippen LogP contribution in [0.15, 0.2) is 53.9 Å². The van der Waals surface area contributed by atoms with Gasteiger partial charge < -0.3 is 20.9 Å². The van der Waals surface area contributed by atoms with Crippen molar-refractivity contribution in [1.82, 2.24) is 25.3 Å². The summed E-state index contributed by atoms with van der Waals surface area (Å²) >= 11 is 1.40. The first kappa shape index (κ1) is 25.0. The van der Waals surface area contributed by atoms with E-state index in [1.165, 1.54) is 23.9 Å². The lowest BCUT2D eigenvalue weighted by atomic mass is 10.2. The molecule has 0 saturated carbocycles. The maximum atomic E-state index is 13.0. The van der Waals surface area contributed by atoms with E-state index in [0.29, 0.717) is 45.7 Å². The standard InChI is InChI=1S/C24H22F3N7OS/c1-4-16-19(36-3)21(29-15-9-10-17-18(12-15)33-22(32-17)24(25,26)27)34-20(31-16)13-7-6-8-14(11-13)30-23(35)28-5-2/h4,6-12H,1,5H2,2-3H3,(H,32,33)(H2,28,30,35)(H,29,31,34). The van der Waals surface area contributed by atoms with Gasteiger partial charge in [-0.25, -0.2) is 19.7 Å². The van der Waals surface area contributed by atoms with Gasteiger partial charge in [0.15, 0.2) is 5.82 Å². The number of thioether (sulfide) groups is 1. The first-order chi connectivity index (χ1) is 17.2. The largest absolute Gasteiger partial charge is 0.449 e. The van der Waals surface area contributed by atoms with Crippen molar-refractivity contribution in [2.75, 3.05) is 23.4 Å². The molecule has 8 nitrogen and oxygen atoms in total. The number of H-pyrrole nitrogens is 1. The molecule has 2 heterocycles. The summed E-state index contributed by atoms with van der Waals surface area (Å²) in [5.74, 6) is -0.218. The van der Waals surface area contributed by atoms with E-state index in [1.54, 1.807) is 30.3 Å². The van der Waals surface area contributed by atoms with Crippen LogP contribution in [0.5, 0.6) is 0 Å². The van der Waals surface area contributed by atoms with Gasteiger partial charge in [0.05, 0.1) is 21.6 Å². The van der Waals surface area contributed by atoms with Crippen LogP contribution in [0.4, 0.5) is 35.2 Å². The van der Waals surface area contributed by atoms with E-state index in [1.807, 2.05) is 19.2 Å². The van der Waals surface area contributed by atoms with Crippen molar-refractivity contribution in [3.8, 4) is 11.4 Å². The lowest BCUT2D eigenvalue weighted by Crippen LogP contribution is -2.28. The smallest absolute Gasteiger partial charge is 0.339 e. The van der Waals surface area contributed by atoms with Gasteiger partial charge in [-0.2, -0.15) is 13.2 Å². The molecule has 2 aromatic carbocycles. The molecule has 12 heteroatoms. The third-order valence-corrected chi connectivity index (χ3v) is 5.83. The number of carbonyl (C=O) groups excluding carboxylic acids is 1. The first-order valence-corrected chi connectivity index (χ1v) is 12.0. The van der Waals surface area contributed by atoms with Crippen LogP contribution in [0.2, 0.25) is 0 Å². The second-order valence-corrected chi connectivity index (χ2v) is 8.34. The molecule has 0 unspecified atom stereocenters. The summed E-state index contributed by atoms with van der Waals surface area (Å²) in [6.45, 7) is 6.16. The zero-order valence-electron chi connectivity index (χ0n) is 19.3. The van der Waals surface area contributed by atoms with Crippen LogP contribution < -0.4 is 16.0 Å². The molecule has 186 valence electrons. The molecule has 36 heavy (non-hydrogen) atoms. The summed E-state index contributed by atoms with van der Waals surface area (Å²) in [5, 5.41) is 8.61. The van der Waals surface area contributed by atoms with Crippen LogP contribution in [0.3, 0.4) is 0 Å². The number of nitrogens with one attached hydrogen (secondary N) is 4. The third kappa shape index (κ3) is 5.43. The predicted octanol–water partition coefficient (Wildman–Crippen LogP) is 6.29. The molecule has 4 N–H and O–H groups in total. The molecule has 0 spiro atoms. The second kappa shape index (κ2) is 10.3. The fraction of sp³-hybridized carbons (Fsp3) is 0.167. The molecule has 0 fully saturated rings. The van der Waals surface area contributed by atoms with E-state index in [2.05, 4.69) is 42.5 Å². The average molecular weight is 514 g/mol. The highest BCUT2D eigenvalue weighted by molar-refractivity contribution is 7.98. The molecule has 4 rings (SSSR count). The van der Waals surface area contributed by atoms with Gasteiger partial charge in [0.2, 0.25) is 5.82 Å². The molecule has 0 bridgehead atoms. The minimum atomic E-state index is -4.57. The van der Waals surface area contributed by atoms with E-state index in [0.717, 1.165) is 0 Å². The number of fused-ring (bicyclic) bond motifs is 1.